The molecule has 0 saturated carbocycles. The minimum Gasteiger partial charge on any atom is -0.392 e. The van der Waals surface area contributed by atoms with Crippen molar-refractivity contribution in [3.05, 3.63) is 29.0 Å². The van der Waals surface area contributed by atoms with Crippen molar-refractivity contribution < 1.29 is 5.11 Å². The van der Waals surface area contributed by atoms with Crippen LogP contribution in [0.15, 0.2) is 18.3 Å². The van der Waals surface area contributed by atoms with Gasteiger partial charge in [-0.15, -0.1) is 0 Å². The van der Waals surface area contributed by atoms with E-state index in [0.29, 0.717) is 18.2 Å². The fourth-order valence-corrected chi connectivity index (χ4v) is 1.15. The fraction of sp³-hybridized carbons (Fsp3) is 0.444. The van der Waals surface area contributed by atoms with Crippen LogP contribution in [0.25, 0.3) is 0 Å². The van der Waals surface area contributed by atoms with E-state index in [9.17, 15) is 0 Å². The number of halogens is 1. The van der Waals surface area contributed by atoms with E-state index in [-0.39, 0.29) is 6.10 Å². The lowest BCUT2D eigenvalue weighted by atomic mass is 10.3. The normalized spacial score (nSPS) is 12.8. The Morgan fingerprint density at radius 2 is 2.46 bits per heavy atom. The molecule has 1 heterocycles. The average molecular weight is 201 g/mol. The van der Waals surface area contributed by atoms with Gasteiger partial charge in [-0.1, -0.05) is 17.7 Å². The van der Waals surface area contributed by atoms with Crippen molar-refractivity contribution in [3.8, 4) is 0 Å². The highest BCUT2D eigenvalue weighted by molar-refractivity contribution is 6.30. The summed E-state index contributed by atoms with van der Waals surface area (Å²) in [6, 6.07) is 3.75. The summed E-state index contributed by atoms with van der Waals surface area (Å²) in [4.78, 5) is 3.94. The highest BCUT2D eigenvalue weighted by Gasteiger charge is 2.00. The Hall–Kier alpha value is -0.640. The van der Waals surface area contributed by atoms with Crippen LogP contribution in [0.1, 0.15) is 12.5 Å². The molecule has 0 aromatic carbocycles. The molecule has 0 radical (unpaired) electrons. The van der Waals surface area contributed by atoms with Gasteiger partial charge in [0.25, 0.3) is 0 Å². The summed E-state index contributed by atoms with van der Waals surface area (Å²) in [7, 11) is 0. The van der Waals surface area contributed by atoms with Crippen molar-refractivity contribution in [1.82, 2.24) is 10.3 Å². The Balaban J connectivity index is 2.41. The Morgan fingerprint density at radius 1 is 1.69 bits per heavy atom. The van der Waals surface area contributed by atoms with Crippen LogP contribution in [0, 0.1) is 0 Å². The van der Waals surface area contributed by atoms with E-state index in [1.807, 2.05) is 12.1 Å². The zero-order chi connectivity index (χ0) is 9.68. The van der Waals surface area contributed by atoms with E-state index in [1.165, 1.54) is 0 Å². The molecule has 0 saturated heterocycles. The molecule has 3 nitrogen and oxygen atoms in total. The smallest absolute Gasteiger partial charge is 0.133 e. The molecule has 2 N–H and O–H groups in total. The van der Waals surface area contributed by atoms with Crippen LogP contribution in [0.5, 0.6) is 0 Å². The third-order valence-corrected chi connectivity index (χ3v) is 1.93. The van der Waals surface area contributed by atoms with E-state index in [4.69, 9.17) is 16.7 Å². The van der Waals surface area contributed by atoms with Crippen molar-refractivity contribution in [2.24, 2.45) is 0 Å². The summed E-state index contributed by atoms with van der Waals surface area (Å²) in [6.45, 7) is 2.93. The summed E-state index contributed by atoms with van der Waals surface area (Å²) in [5, 5.41) is 12.6. The third kappa shape index (κ3) is 3.72. The van der Waals surface area contributed by atoms with E-state index >= 15 is 0 Å². The second-order valence-corrected chi connectivity index (χ2v) is 3.29. The van der Waals surface area contributed by atoms with Crippen LogP contribution in [-0.2, 0) is 6.54 Å². The van der Waals surface area contributed by atoms with Crippen LogP contribution < -0.4 is 5.32 Å². The van der Waals surface area contributed by atoms with Gasteiger partial charge in [0, 0.05) is 24.8 Å². The average Bonchev–Trinajstić information content (AvgIpc) is 2.08. The monoisotopic (exact) mass is 200 g/mol. The first kappa shape index (κ1) is 10.4. The maximum atomic E-state index is 8.99. The topological polar surface area (TPSA) is 45.1 Å². The fourth-order valence-electron chi connectivity index (χ4n) is 0.967. The summed E-state index contributed by atoms with van der Waals surface area (Å²) < 4.78 is 0. The molecule has 4 heteroatoms. The van der Waals surface area contributed by atoms with Gasteiger partial charge in [-0.25, -0.2) is 4.98 Å². The molecule has 0 fully saturated rings. The summed E-state index contributed by atoms with van der Waals surface area (Å²) in [5.74, 6) is 0. The van der Waals surface area contributed by atoms with Gasteiger partial charge in [0.1, 0.15) is 5.15 Å². The van der Waals surface area contributed by atoms with Gasteiger partial charge in [-0.05, 0) is 13.0 Å². The standard InChI is InChI=1S/C9H13ClN2O/c1-7(13)5-11-6-8-3-2-4-12-9(8)10/h2-4,7,11,13H,5-6H2,1H3. The molecule has 1 atom stereocenters. The first-order valence-electron chi connectivity index (χ1n) is 4.18. The number of nitrogens with one attached hydrogen (secondary N) is 1. The van der Waals surface area contributed by atoms with Gasteiger partial charge >= 0.3 is 0 Å². The van der Waals surface area contributed by atoms with Gasteiger partial charge in [0.2, 0.25) is 0 Å². The van der Waals surface area contributed by atoms with E-state index in [2.05, 4.69) is 10.3 Å². The number of rotatable bonds is 4. The number of hydrogen-bond donors (Lipinski definition) is 2. The number of aliphatic hydroxyl groups is 1. The molecule has 0 bridgehead atoms. The molecule has 1 unspecified atom stereocenters. The largest absolute Gasteiger partial charge is 0.392 e. The van der Waals surface area contributed by atoms with E-state index < -0.39 is 0 Å². The van der Waals surface area contributed by atoms with Gasteiger partial charge in [-0.2, -0.15) is 0 Å². The second kappa shape index (κ2) is 5.17. The lowest BCUT2D eigenvalue weighted by Crippen LogP contribution is -2.24. The molecule has 1 aromatic heterocycles. The first-order chi connectivity index (χ1) is 6.20. The molecule has 13 heavy (non-hydrogen) atoms. The Bertz CT molecular complexity index is 266. The minimum absolute atomic E-state index is 0.338. The first-order valence-corrected chi connectivity index (χ1v) is 4.56. The SMILES string of the molecule is CC(O)CNCc1cccnc1Cl. The predicted molar refractivity (Wildman–Crippen MR) is 52.6 cm³/mol. The Kier molecular flexibility index (Phi) is 4.15. The van der Waals surface area contributed by atoms with Crippen LogP contribution >= 0.6 is 11.6 Å². The number of hydrogen-bond acceptors (Lipinski definition) is 3. The zero-order valence-corrected chi connectivity index (χ0v) is 8.25. The minimum atomic E-state index is -0.338. The van der Waals surface area contributed by atoms with E-state index in [1.54, 1.807) is 13.1 Å². The highest BCUT2D eigenvalue weighted by atomic mass is 35.5. The van der Waals surface area contributed by atoms with Gasteiger partial charge in [-0.3, -0.25) is 0 Å². The van der Waals surface area contributed by atoms with Crippen molar-refractivity contribution in [2.45, 2.75) is 19.6 Å². The summed E-state index contributed by atoms with van der Waals surface area (Å²) >= 11 is 5.83. The summed E-state index contributed by atoms with van der Waals surface area (Å²) in [5.41, 5.74) is 0.949. The predicted octanol–water partition coefficient (Wildman–Crippen LogP) is 1.21. The maximum absolute atomic E-state index is 8.99. The number of nitrogens with zero attached hydrogens (tertiary/aromatic N) is 1. The van der Waals surface area contributed by atoms with Crippen LogP contribution in [-0.4, -0.2) is 22.7 Å². The molecular weight excluding hydrogens is 188 g/mol. The summed E-state index contributed by atoms with van der Waals surface area (Å²) in [6.07, 6.45) is 1.32. The number of aliphatic hydroxyl groups excluding tert-OH is 1. The molecule has 0 aliphatic heterocycles. The van der Waals surface area contributed by atoms with Crippen molar-refractivity contribution in [2.75, 3.05) is 6.54 Å². The number of aromatic nitrogens is 1. The lowest BCUT2D eigenvalue weighted by Gasteiger charge is -2.07. The number of pyridine rings is 1. The molecule has 0 amide bonds. The van der Waals surface area contributed by atoms with E-state index in [0.717, 1.165) is 5.56 Å². The molecule has 1 rings (SSSR count). The van der Waals surface area contributed by atoms with Crippen molar-refractivity contribution in [1.29, 1.82) is 0 Å². The highest BCUT2D eigenvalue weighted by Crippen LogP contribution is 2.10. The molecule has 0 aliphatic rings. The quantitative estimate of drug-likeness (QED) is 0.719. The van der Waals surface area contributed by atoms with Crippen LogP contribution in [0.2, 0.25) is 5.15 Å². The van der Waals surface area contributed by atoms with Gasteiger partial charge in [0.05, 0.1) is 6.10 Å². The second-order valence-electron chi connectivity index (χ2n) is 2.93. The molecule has 0 aliphatic carbocycles. The third-order valence-electron chi connectivity index (χ3n) is 1.59. The van der Waals surface area contributed by atoms with Crippen LogP contribution in [0.3, 0.4) is 0 Å². The Morgan fingerprint density at radius 3 is 3.08 bits per heavy atom. The maximum Gasteiger partial charge on any atom is 0.133 e. The van der Waals surface area contributed by atoms with Crippen molar-refractivity contribution >= 4 is 11.6 Å². The molecule has 1 aromatic rings. The zero-order valence-electron chi connectivity index (χ0n) is 7.50. The molecule has 0 spiro atoms. The molecule has 72 valence electrons. The van der Waals surface area contributed by atoms with Gasteiger partial charge < -0.3 is 10.4 Å². The van der Waals surface area contributed by atoms with Gasteiger partial charge in [0.15, 0.2) is 0 Å². The lowest BCUT2D eigenvalue weighted by molar-refractivity contribution is 0.191. The Labute approximate surface area is 82.8 Å². The van der Waals surface area contributed by atoms with Crippen molar-refractivity contribution in [3.63, 3.8) is 0 Å². The molecular formula is C9H13ClN2O. The van der Waals surface area contributed by atoms with Crippen LogP contribution in [0.4, 0.5) is 0 Å².